The van der Waals surface area contributed by atoms with Gasteiger partial charge in [0.15, 0.2) is 6.23 Å². The highest BCUT2D eigenvalue weighted by Gasteiger charge is 2.43. The van der Waals surface area contributed by atoms with Crippen molar-refractivity contribution >= 4 is 40.4 Å². The van der Waals surface area contributed by atoms with Crippen LogP contribution in [0.15, 0.2) is 48.9 Å². The van der Waals surface area contributed by atoms with Gasteiger partial charge < -0.3 is 20.7 Å². The van der Waals surface area contributed by atoms with Crippen molar-refractivity contribution in [3.8, 4) is 5.75 Å². The third-order valence-corrected chi connectivity index (χ3v) is 7.41. The second-order valence-electron chi connectivity index (χ2n) is 9.19. The van der Waals surface area contributed by atoms with E-state index in [4.69, 9.17) is 44.8 Å². The van der Waals surface area contributed by atoms with Gasteiger partial charge in [-0.3, -0.25) is 16.1 Å². The van der Waals surface area contributed by atoms with Crippen LogP contribution < -0.4 is 26.4 Å². The van der Waals surface area contributed by atoms with Gasteiger partial charge in [-0.1, -0.05) is 23.2 Å². The van der Waals surface area contributed by atoms with Crippen molar-refractivity contribution in [3.05, 3.63) is 75.7 Å². The first-order valence-corrected chi connectivity index (χ1v) is 12.2. The third-order valence-electron chi connectivity index (χ3n) is 6.81. The molecule has 2 saturated heterocycles. The molecule has 1 aromatic carbocycles. The zero-order valence-electron chi connectivity index (χ0n) is 19.1. The van der Waals surface area contributed by atoms with Crippen molar-refractivity contribution in [1.29, 1.82) is 5.41 Å². The first kappa shape index (κ1) is 23.8. The maximum Gasteiger partial charge on any atom is 0.177 e. The van der Waals surface area contributed by atoms with E-state index in [-0.39, 0.29) is 5.71 Å². The quantitative estimate of drug-likeness (QED) is 0.223. The van der Waals surface area contributed by atoms with Crippen LogP contribution in [0.2, 0.25) is 10.0 Å². The highest BCUT2D eigenvalue weighted by Crippen LogP contribution is 2.40. The topological polar surface area (TPSA) is 126 Å². The van der Waals surface area contributed by atoms with Gasteiger partial charge in [0.05, 0.1) is 15.8 Å². The molecule has 3 aromatic rings. The number of hydrogen-bond donors (Lipinski definition) is 4. The van der Waals surface area contributed by atoms with E-state index in [0.717, 1.165) is 32.0 Å². The Bertz CT molecular complexity index is 1220. The average molecular weight is 512 g/mol. The number of pyridine rings is 2. The lowest BCUT2D eigenvalue weighted by atomic mass is 9.72. The summed E-state index contributed by atoms with van der Waals surface area (Å²) in [4.78, 5) is 10.9. The summed E-state index contributed by atoms with van der Waals surface area (Å²) in [6.07, 6.45) is 6.16. The first-order valence-electron chi connectivity index (χ1n) is 11.5. The van der Waals surface area contributed by atoms with Crippen molar-refractivity contribution in [3.63, 3.8) is 0 Å². The van der Waals surface area contributed by atoms with E-state index in [1.54, 1.807) is 24.4 Å². The van der Waals surface area contributed by atoms with E-state index in [2.05, 4.69) is 20.2 Å². The molecule has 2 aromatic heterocycles. The van der Waals surface area contributed by atoms with Crippen molar-refractivity contribution in [2.24, 2.45) is 11.1 Å². The standard InChI is InChI=1S/C25H27Cl2N7O/c26-18-11-32-12-19(27)22(18)24(30)35-16-2-3-20(28)17(9-16)23(29)15-1-4-21(33-10-15)34-13-25(14-34)5-7-31-8-6-25/h1-4,9-12,24,29,31H,5-8,13-14,28,30H2/t24-/m0/s1. The number of ether oxygens (including phenoxy) is 1. The van der Waals surface area contributed by atoms with Crippen LogP contribution in [0.4, 0.5) is 11.5 Å². The lowest BCUT2D eigenvalue weighted by molar-refractivity contribution is 0.149. The monoisotopic (exact) mass is 511 g/mol. The summed E-state index contributed by atoms with van der Waals surface area (Å²) in [7, 11) is 0. The molecular formula is C25H27Cl2N7O. The van der Waals surface area contributed by atoms with Crippen LogP contribution in [0.3, 0.4) is 0 Å². The number of rotatable bonds is 6. The Balaban J connectivity index is 1.29. The molecule has 35 heavy (non-hydrogen) atoms. The molecule has 1 spiro atoms. The van der Waals surface area contributed by atoms with Crippen LogP contribution in [0.5, 0.6) is 5.75 Å². The molecule has 2 fully saturated rings. The summed E-state index contributed by atoms with van der Waals surface area (Å²) in [5.41, 5.74) is 15.2. The molecule has 1 atom stereocenters. The number of anilines is 2. The number of benzene rings is 1. The van der Waals surface area contributed by atoms with Gasteiger partial charge in [0.2, 0.25) is 0 Å². The minimum absolute atomic E-state index is 0.249. The highest BCUT2D eigenvalue weighted by molar-refractivity contribution is 6.35. The first-order chi connectivity index (χ1) is 16.8. The SMILES string of the molecule is N=C(c1ccc(N2CC3(CCNCC3)C2)nc1)c1cc(O[C@H](N)c2c(Cl)cncc2Cl)ccc1N. The van der Waals surface area contributed by atoms with Crippen LogP contribution >= 0.6 is 23.2 Å². The molecule has 8 nitrogen and oxygen atoms in total. The molecule has 4 heterocycles. The molecule has 10 heteroatoms. The molecule has 0 aliphatic carbocycles. The summed E-state index contributed by atoms with van der Waals surface area (Å²) in [5.74, 6) is 1.38. The molecule has 0 bridgehead atoms. The lowest BCUT2D eigenvalue weighted by Crippen LogP contribution is -2.60. The van der Waals surface area contributed by atoms with E-state index in [1.165, 1.54) is 25.2 Å². The number of nitrogens with one attached hydrogen (secondary N) is 2. The molecule has 2 aliphatic heterocycles. The van der Waals surface area contributed by atoms with E-state index in [1.807, 2.05) is 12.1 Å². The van der Waals surface area contributed by atoms with Crippen LogP contribution in [0.25, 0.3) is 0 Å². The fourth-order valence-electron chi connectivity index (χ4n) is 4.80. The molecule has 0 amide bonds. The van der Waals surface area contributed by atoms with Crippen LogP contribution in [0, 0.1) is 10.8 Å². The minimum atomic E-state index is -0.913. The lowest BCUT2D eigenvalue weighted by Gasteiger charge is -2.53. The third kappa shape index (κ3) is 4.79. The van der Waals surface area contributed by atoms with Crippen molar-refractivity contribution in [2.45, 2.75) is 19.1 Å². The molecule has 0 radical (unpaired) electrons. The Morgan fingerprint density at radius 1 is 1.09 bits per heavy atom. The average Bonchev–Trinajstić information content (AvgIpc) is 2.84. The summed E-state index contributed by atoms with van der Waals surface area (Å²) in [6, 6.07) is 8.94. The fourth-order valence-corrected chi connectivity index (χ4v) is 5.38. The molecule has 0 saturated carbocycles. The summed E-state index contributed by atoms with van der Waals surface area (Å²) >= 11 is 12.4. The Morgan fingerprint density at radius 2 is 1.80 bits per heavy atom. The van der Waals surface area contributed by atoms with E-state index < -0.39 is 6.23 Å². The maximum atomic E-state index is 8.74. The molecule has 5 rings (SSSR count). The Hall–Kier alpha value is -2.91. The van der Waals surface area contributed by atoms with Gasteiger partial charge in [0, 0.05) is 59.5 Å². The van der Waals surface area contributed by atoms with Crippen LogP contribution in [-0.4, -0.2) is 41.9 Å². The molecule has 0 unspecified atom stereocenters. The minimum Gasteiger partial charge on any atom is -0.471 e. The van der Waals surface area contributed by atoms with Crippen molar-refractivity contribution in [1.82, 2.24) is 15.3 Å². The zero-order valence-corrected chi connectivity index (χ0v) is 20.6. The molecular weight excluding hydrogens is 485 g/mol. The highest BCUT2D eigenvalue weighted by atomic mass is 35.5. The second kappa shape index (κ2) is 9.62. The summed E-state index contributed by atoms with van der Waals surface area (Å²) in [5, 5.41) is 12.8. The summed E-state index contributed by atoms with van der Waals surface area (Å²) in [6.45, 7) is 4.26. The number of nitrogen functional groups attached to an aromatic ring is 1. The van der Waals surface area contributed by atoms with Gasteiger partial charge >= 0.3 is 0 Å². The van der Waals surface area contributed by atoms with Gasteiger partial charge in [-0.15, -0.1) is 0 Å². The number of nitrogens with two attached hydrogens (primary N) is 2. The number of nitrogens with zero attached hydrogens (tertiary/aromatic N) is 3. The zero-order chi connectivity index (χ0) is 24.6. The fraction of sp³-hybridized carbons (Fsp3) is 0.320. The smallest absolute Gasteiger partial charge is 0.177 e. The maximum absolute atomic E-state index is 8.74. The number of hydrogen-bond acceptors (Lipinski definition) is 8. The molecule has 182 valence electrons. The molecule has 6 N–H and O–H groups in total. The van der Waals surface area contributed by atoms with E-state index >= 15 is 0 Å². The normalized spacial score (nSPS) is 17.6. The molecule has 2 aliphatic rings. The van der Waals surface area contributed by atoms with Gasteiger partial charge in [0.1, 0.15) is 11.6 Å². The van der Waals surface area contributed by atoms with Gasteiger partial charge in [-0.25, -0.2) is 4.98 Å². The largest absolute Gasteiger partial charge is 0.471 e. The van der Waals surface area contributed by atoms with Crippen molar-refractivity contribution < 1.29 is 4.74 Å². The number of aromatic nitrogens is 2. The predicted octanol–water partition coefficient (Wildman–Crippen LogP) is 4.01. The Labute approximate surface area is 214 Å². The Kier molecular flexibility index (Phi) is 6.55. The summed E-state index contributed by atoms with van der Waals surface area (Å²) < 4.78 is 5.87. The van der Waals surface area contributed by atoms with E-state index in [9.17, 15) is 0 Å². The van der Waals surface area contributed by atoms with Crippen LogP contribution in [-0.2, 0) is 0 Å². The van der Waals surface area contributed by atoms with Gasteiger partial charge in [-0.05, 0) is 56.3 Å². The van der Waals surface area contributed by atoms with E-state index in [0.29, 0.717) is 43.6 Å². The van der Waals surface area contributed by atoms with Crippen LogP contribution in [0.1, 0.15) is 35.8 Å². The van der Waals surface area contributed by atoms with Gasteiger partial charge in [-0.2, -0.15) is 0 Å². The second-order valence-corrected chi connectivity index (χ2v) is 10.0. The number of halogens is 2. The van der Waals surface area contributed by atoms with Crippen molar-refractivity contribution in [2.75, 3.05) is 36.8 Å². The van der Waals surface area contributed by atoms with Gasteiger partial charge in [0.25, 0.3) is 0 Å². The Morgan fingerprint density at radius 3 is 2.46 bits per heavy atom. The number of piperidine rings is 1. The predicted molar refractivity (Wildman–Crippen MR) is 140 cm³/mol.